The number of carbonyl (C=O) groups is 2. The number of amides is 2. The number of nitrogens with zero attached hydrogens (tertiary/aromatic N) is 4. The highest BCUT2D eigenvalue weighted by Gasteiger charge is 2.32. The summed E-state index contributed by atoms with van der Waals surface area (Å²) >= 11 is 0. The number of piperidine rings is 1. The van der Waals surface area contributed by atoms with Crippen LogP contribution in [0, 0.1) is 5.82 Å². The Morgan fingerprint density at radius 2 is 1.61 bits per heavy atom. The number of hydrogen-bond donors (Lipinski definition) is 0. The second-order valence-electron chi connectivity index (χ2n) is 7.86. The van der Waals surface area contributed by atoms with E-state index in [0.29, 0.717) is 13.1 Å². The number of likely N-dealkylation sites (tertiary alicyclic amines) is 1. The Labute approximate surface area is 166 Å². The van der Waals surface area contributed by atoms with E-state index in [1.165, 1.54) is 12.1 Å². The number of rotatable bonds is 4. The van der Waals surface area contributed by atoms with E-state index in [9.17, 15) is 14.0 Å². The highest BCUT2D eigenvalue weighted by molar-refractivity contribution is 5.81. The molecule has 2 fully saturated rings. The summed E-state index contributed by atoms with van der Waals surface area (Å²) in [6.07, 6.45) is 1.68. The zero-order valence-corrected chi connectivity index (χ0v) is 17.1. The fourth-order valence-corrected chi connectivity index (χ4v) is 4.17. The van der Waals surface area contributed by atoms with Crippen molar-refractivity contribution < 1.29 is 14.0 Å². The first-order valence-corrected chi connectivity index (χ1v) is 10.1. The minimum absolute atomic E-state index is 0.0807. The van der Waals surface area contributed by atoms with Gasteiger partial charge in [0.2, 0.25) is 11.8 Å². The average molecular weight is 391 g/mol. The summed E-state index contributed by atoms with van der Waals surface area (Å²) in [6.45, 7) is 8.28. The third kappa shape index (κ3) is 4.63. The van der Waals surface area contributed by atoms with Gasteiger partial charge in [0.25, 0.3) is 0 Å². The van der Waals surface area contributed by atoms with Crippen LogP contribution in [0.2, 0.25) is 0 Å². The molecule has 154 valence electrons. The van der Waals surface area contributed by atoms with Crippen LogP contribution in [0.15, 0.2) is 24.3 Å². The molecule has 0 N–H and O–H groups in total. The molecule has 0 aromatic heterocycles. The van der Waals surface area contributed by atoms with Gasteiger partial charge in [0.1, 0.15) is 5.82 Å². The second-order valence-corrected chi connectivity index (χ2v) is 7.86. The Morgan fingerprint density at radius 1 is 1.04 bits per heavy atom. The van der Waals surface area contributed by atoms with Crippen LogP contribution in [0.3, 0.4) is 0 Å². The molecule has 28 heavy (non-hydrogen) atoms. The summed E-state index contributed by atoms with van der Waals surface area (Å²) in [6, 6.07) is 6.68. The van der Waals surface area contributed by atoms with Crippen molar-refractivity contribution in [2.75, 3.05) is 51.2 Å². The molecule has 0 aliphatic carbocycles. The maximum absolute atomic E-state index is 13.1. The molecular weight excluding hydrogens is 359 g/mol. The van der Waals surface area contributed by atoms with Gasteiger partial charge in [-0.25, -0.2) is 4.39 Å². The molecule has 2 saturated heterocycles. The standard InChI is InChI=1S/C21H31FN4O2/c1-16(21(28)26-10-8-19(9-11-26)23(3)17(2)27)24-12-14-25(15-13-24)20-6-4-18(22)5-7-20/h4-7,16,19H,8-15H2,1-3H3. The zero-order valence-electron chi connectivity index (χ0n) is 17.1. The lowest BCUT2D eigenvalue weighted by Crippen LogP contribution is -2.56. The van der Waals surface area contributed by atoms with Crippen LogP contribution in [0.5, 0.6) is 0 Å². The third-order valence-electron chi connectivity index (χ3n) is 6.23. The maximum atomic E-state index is 13.1. The van der Waals surface area contributed by atoms with Crippen molar-refractivity contribution in [3.63, 3.8) is 0 Å². The Bertz CT molecular complexity index is 680. The molecule has 0 radical (unpaired) electrons. The number of halogens is 1. The summed E-state index contributed by atoms with van der Waals surface area (Å²) in [5, 5.41) is 0. The van der Waals surface area contributed by atoms with Gasteiger partial charge in [-0.1, -0.05) is 0 Å². The summed E-state index contributed by atoms with van der Waals surface area (Å²) in [5.74, 6) is 0.0382. The van der Waals surface area contributed by atoms with Gasteiger partial charge in [0.15, 0.2) is 0 Å². The van der Waals surface area contributed by atoms with Crippen molar-refractivity contribution in [3.8, 4) is 0 Å². The predicted octanol–water partition coefficient (Wildman–Crippen LogP) is 1.81. The van der Waals surface area contributed by atoms with Gasteiger partial charge < -0.3 is 14.7 Å². The van der Waals surface area contributed by atoms with Crippen molar-refractivity contribution in [1.82, 2.24) is 14.7 Å². The molecule has 1 aromatic rings. The predicted molar refractivity (Wildman–Crippen MR) is 108 cm³/mol. The lowest BCUT2D eigenvalue weighted by atomic mass is 10.0. The Hall–Kier alpha value is -2.15. The lowest BCUT2D eigenvalue weighted by Gasteiger charge is -2.41. The van der Waals surface area contributed by atoms with Crippen LogP contribution in [0.1, 0.15) is 26.7 Å². The van der Waals surface area contributed by atoms with Crippen LogP contribution >= 0.6 is 0 Å². The van der Waals surface area contributed by atoms with Crippen molar-refractivity contribution in [1.29, 1.82) is 0 Å². The van der Waals surface area contributed by atoms with Crippen LogP contribution in [0.25, 0.3) is 0 Å². The molecule has 6 nitrogen and oxygen atoms in total. The van der Waals surface area contributed by atoms with Gasteiger partial charge in [-0.15, -0.1) is 0 Å². The van der Waals surface area contributed by atoms with E-state index in [0.717, 1.165) is 44.7 Å². The number of carbonyl (C=O) groups excluding carboxylic acids is 2. The normalized spacial score (nSPS) is 20.1. The summed E-state index contributed by atoms with van der Waals surface area (Å²) in [7, 11) is 1.84. The maximum Gasteiger partial charge on any atom is 0.239 e. The van der Waals surface area contributed by atoms with Gasteiger partial charge in [-0.05, 0) is 44.0 Å². The van der Waals surface area contributed by atoms with E-state index in [1.54, 1.807) is 11.8 Å². The van der Waals surface area contributed by atoms with Gasteiger partial charge in [-0.2, -0.15) is 0 Å². The van der Waals surface area contributed by atoms with Crippen LogP contribution in [0.4, 0.5) is 10.1 Å². The average Bonchev–Trinajstić information content (AvgIpc) is 2.73. The summed E-state index contributed by atoms with van der Waals surface area (Å²) < 4.78 is 13.1. The first-order chi connectivity index (χ1) is 13.4. The van der Waals surface area contributed by atoms with Gasteiger partial charge in [-0.3, -0.25) is 14.5 Å². The Balaban J connectivity index is 1.48. The molecule has 1 aromatic carbocycles. The molecule has 2 aliphatic heterocycles. The SMILES string of the molecule is CC(=O)N(C)C1CCN(C(=O)C(C)N2CCN(c3ccc(F)cc3)CC2)CC1. The van der Waals surface area contributed by atoms with Crippen LogP contribution in [-0.4, -0.2) is 84.9 Å². The molecule has 0 spiro atoms. The molecule has 2 heterocycles. The Kier molecular flexibility index (Phi) is 6.54. The molecule has 1 unspecified atom stereocenters. The number of anilines is 1. The first-order valence-electron chi connectivity index (χ1n) is 10.1. The van der Waals surface area contributed by atoms with Crippen LogP contribution in [-0.2, 0) is 9.59 Å². The third-order valence-corrected chi connectivity index (χ3v) is 6.23. The molecular formula is C21H31FN4O2. The van der Waals surface area contributed by atoms with Gasteiger partial charge in [0.05, 0.1) is 6.04 Å². The largest absolute Gasteiger partial charge is 0.369 e. The fourth-order valence-electron chi connectivity index (χ4n) is 4.17. The van der Waals surface area contributed by atoms with E-state index >= 15 is 0 Å². The van der Waals surface area contributed by atoms with E-state index < -0.39 is 0 Å². The summed E-state index contributed by atoms with van der Waals surface area (Å²) in [4.78, 5) is 32.7. The van der Waals surface area contributed by atoms with Crippen molar-refractivity contribution in [3.05, 3.63) is 30.1 Å². The highest BCUT2D eigenvalue weighted by atomic mass is 19.1. The second kappa shape index (κ2) is 8.90. The first kappa shape index (κ1) is 20.6. The van der Waals surface area contributed by atoms with Gasteiger partial charge >= 0.3 is 0 Å². The molecule has 2 amide bonds. The molecule has 3 rings (SSSR count). The van der Waals surface area contributed by atoms with E-state index in [-0.39, 0.29) is 29.7 Å². The van der Waals surface area contributed by atoms with E-state index in [2.05, 4.69) is 9.80 Å². The quantitative estimate of drug-likeness (QED) is 0.787. The fraction of sp³-hybridized carbons (Fsp3) is 0.619. The van der Waals surface area contributed by atoms with Crippen LogP contribution < -0.4 is 4.90 Å². The minimum Gasteiger partial charge on any atom is -0.369 e. The van der Waals surface area contributed by atoms with E-state index in [1.807, 2.05) is 31.0 Å². The number of piperazine rings is 1. The number of hydrogen-bond acceptors (Lipinski definition) is 4. The lowest BCUT2D eigenvalue weighted by molar-refractivity contribution is -0.139. The van der Waals surface area contributed by atoms with Crippen molar-refractivity contribution in [2.45, 2.75) is 38.8 Å². The zero-order chi connectivity index (χ0) is 20.3. The van der Waals surface area contributed by atoms with Gasteiger partial charge in [0, 0.05) is 65.0 Å². The smallest absolute Gasteiger partial charge is 0.239 e. The van der Waals surface area contributed by atoms with E-state index in [4.69, 9.17) is 0 Å². The molecule has 0 saturated carbocycles. The Morgan fingerprint density at radius 3 is 2.14 bits per heavy atom. The number of benzene rings is 1. The molecule has 2 aliphatic rings. The van der Waals surface area contributed by atoms with Crippen molar-refractivity contribution >= 4 is 17.5 Å². The molecule has 0 bridgehead atoms. The molecule has 1 atom stereocenters. The topological polar surface area (TPSA) is 47.1 Å². The summed E-state index contributed by atoms with van der Waals surface area (Å²) in [5.41, 5.74) is 1.02. The minimum atomic E-state index is -0.222. The van der Waals surface area contributed by atoms with Crippen molar-refractivity contribution in [2.24, 2.45) is 0 Å². The highest BCUT2D eigenvalue weighted by Crippen LogP contribution is 2.20. The molecule has 7 heteroatoms. The monoisotopic (exact) mass is 390 g/mol.